The van der Waals surface area contributed by atoms with Gasteiger partial charge in [0.1, 0.15) is 6.07 Å². The van der Waals surface area contributed by atoms with Crippen LogP contribution in [-0.2, 0) is 0 Å². The lowest BCUT2D eigenvalue weighted by molar-refractivity contribution is 1.17. The topological polar surface area (TPSA) is 81.2 Å². The van der Waals surface area contributed by atoms with Crippen molar-refractivity contribution < 1.29 is 0 Å². The van der Waals surface area contributed by atoms with Gasteiger partial charge in [0.05, 0.1) is 62.3 Å². The molecule has 0 aliphatic heterocycles. The van der Waals surface area contributed by atoms with E-state index in [1.165, 1.54) is 0 Å². The Morgan fingerprint density at radius 1 is 0.380 bits per heavy atom. The Labute approximate surface area is 287 Å². The van der Waals surface area contributed by atoms with Crippen LogP contribution in [0, 0.1) is 34.0 Å². The van der Waals surface area contributed by atoms with E-state index in [9.17, 15) is 15.8 Å². The van der Waals surface area contributed by atoms with Crippen molar-refractivity contribution in [2.45, 2.75) is 0 Å². The Kier molecular flexibility index (Phi) is 6.56. The lowest BCUT2D eigenvalue weighted by Crippen LogP contribution is -2.01. The van der Waals surface area contributed by atoms with Crippen LogP contribution in [0.25, 0.3) is 77.2 Å². The minimum atomic E-state index is 0.537. The van der Waals surface area contributed by atoms with E-state index < -0.39 is 0 Å². The lowest BCUT2D eigenvalue weighted by atomic mass is 9.90. The van der Waals surface area contributed by atoms with Crippen LogP contribution in [0.1, 0.15) is 16.7 Å². The van der Waals surface area contributed by atoms with E-state index in [0.717, 1.165) is 77.2 Å². The molecule has 0 saturated heterocycles. The summed E-state index contributed by atoms with van der Waals surface area (Å²) in [5.41, 5.74) is 11.0. The van der Waals surface area contributed by atoms with Gasteiger partial charge < -0.3 is 9.13 Å². The van der Waals surface area contributed by atoms with Crippen molar-refractivity contribution in [2.75, 3.05) is 0 Å². The van der Waals surface area contributed by atoms with E-state index in [-0.39, 0.29) is 0 Å². The summed E-state index contributed by atoms with van der Waals surface area (Å²) in [4.78, 5) is 0. The van der Waals surface area contributed by atoms with Crippen molar-refractivity contribution in [1.29, 1.82) is 15.8 Å². The fourth-order valence-electron chi connectivity index (χ4n) is 7.59. The molecule has 0 fully saturated rings. The van der Waals surface area contributed by atoms with Gasteiger partial charge in [0.25, 0.3) is 0 Å². The standard InChI is InChI=1S/C45H25N5/c46-26-29-23-24-43-37(25-29)45-30(27-47)11-9-22-44(45)50(43)39-18-6-3-14-34(39)32-13-2-1-12-31(32)33-17-10-21-42(38(33)28-48)49-40-19-7-4-15-35(40)36-16-5-8-20-41(36)49/h1-25H. The normalized spacial score (nSPS) is 11.1. The van der Waals surface area contributed by atoms with E-state index in [1.54, 1.807) is 0 Å². The van der Waals surface area contributed by atoms with Gasteiger partial charge in [-0.15, -0.1) is 0 Å². The molecular formula is C45H25N5. The number of rotatable bonds is 4. The molecule has 0 saturated carbocycles. The highest BCUT2D eigenvalue weighted by Gasteiger charge is 2.22. The summed E-state index contributed by atoms with van der Waals surface area (Å²) in [6.45, 7) is 0. The predicted molar refractivity (Wildman–Crippen MR) is 200 cm³/mol. The van der Waals surface area contributed by atoms with Gasteiger partial charge in [0.15, 0.2) is 0 Å². The predicted octanol–water partition coefficient (Wildman–Crippen LogP) is 10.8. The van der Waals surface area contributed by atoms with Crippen molar-refractivity contribution in [3.05, 3.63) is 168 Å². The van der Waals surface area contributed by atoms with E-state index in [1.807, 2.05) is 91.0 Å². The summed E-state index contributed by atoms with van der Waals surface area (Å²) < 4.78 is 4.38. The SMILES string of the molecule is N#Cc1ccc2c(c1)c1c(C#N)cccc1n2-c1ccccc1-c1ccccc1-c1cccc(-n2c3ccccc3c3ccccc32)c1C#N. The number of fused-ring (bicyclic) bond motifs is 6. The second kappa shape index (κ2) is 11.4. The zero-order valence-electron chi connectivity index (χ0n) is 26.7. The molecule has 9 rings (SSSR count). The summed E-state index contributed by atoms with van der Waals surface area (Å²) in [6.07, 6.45) is 0. The van der Waals surface area contributed by atoms with Gasteiger partial charge in [-0.3, -0.25) is 0 Å². The first-order chi connectivity index (χ1) is 24.7. The van der Waals surface area contributed by atoms with Gasteiger partial charge >= 0.3 is 0 Å². The van der Waals surface area contributed by atoms with Crippen LogP contribution in [0.4, 0.5) is 0 Å². The Morgan fingerprint density at radius 2 is 0.920 bits per heavy atom. The van der Waals surface area contributed by atoms with E-state index in [2.05, 4.69) is 88.0 Å². The van der Waals surface area contributed by atoms with Gasteiger partial charge in [0.2, 0.25) is 0 Å². The molecule has 9 aromatic rings. The quantitative estimate of drug-likeness (QED) is 0.193. The van der Waals surface area contributed by atoms with Crippen molar-refractivity contribution >= 4 is 43.6 Å². The maximum atomic E-state index is 10.9. The van der Waals surface area contributed by atoms with Gasteiger partial charge in [-0.05, 0) is 65.7 Å². The molecule has 0 radical (unpaired) electrons. The summed E-state index contributed by atoms with van der Waals surface area (Å²) >= 11 is 0. The Morgan fingerprint density at radius 3 is 1.62 bits per heavy atom. The van der Waals surface area contributed by atoms with Crippen LogP contribution in [0.15, 0.2) is 152 Å². The third-order valence-corrected chi connectivity index (χ3v) is 9.67. The van der Waals surface area contributed by atoms with E-state index in [4.69, 9.17) is 0 Å². The minimum absolute atomic E-state index is 0.537. The minimum Gasteiger partial charge on any atom is -0.309 e. The molecule has 7 aromatic carbocycles. The van der Waals surface area contributed by atoms with Crippen molar-refractivity contribution in [1.82, 2.24) is 9.13 Å². The first-order valence-corrected chi connectivity index (χ1v) is 16.3. The van der Waals surface area contributed by atoms with Crippen LogP contribution >= 0.6 is 0 Å². The molecule has 0 amide bonds. The summed E-state index contributed by atoms with van der Waals surface area (Å²) in [7, 11) is 0. The van der Waals surface area contributed by atoms with Crippen molar-refractivity contribution in [3.63, 3.8) is 0 Å². The number of nitrogens with zero attached hydrogens (tertiary/aromatic N) is 5. The van der Waals surface area contributed by atoms with Crippen LogP contribution in [0.2, 0.25) is 0 Å². The zero-order valence-corrected chi connectivity index (χ0v) is 26.7. The van der Waals surface area contributed by atoms with Gasteiger partial charge in [-0.25, -0.2) is 0 Å². The molecule has 0 aliphatic rings. The maximum absolute atomic E-state index is 10.9. The van der Waals surface area contributed by atoms with Crippen molar-refractivity contribution in [3.8, 4) is 51.8 Å². The lowest BCUT2D eigenvalue weighted by Gasteiger charge is -2.19. The first kappa shape index (κ1) is 28.8. The maximum Gasteiger partial charge on any atom is 0.102 e. The molecule has 230 valence electrons. The van der Waals surface area contributed by atoms with Gasteiger partial charge in [-0.1, -0.05) is 97.1 Å². The molecule has 5 heteroatoms. The molecule has 0 unspecified atom stereocenters. The molecule has 5 nitrogen and oxygen atoms in total. The molecule has 2 aromatic heterocycles. The number of hydrogen-bond donors (Lipinski definition) is 0. The fourth-order valence-corrected chi connectivity index (χ4v) is 7.59. The van der Waals surface area contributed by atoms with Crippen LogP contribution < -0.4 is 0 Å². The number of hydrogen-bond acceptors (Lipinski definition) is 3. The summed E-state index contributed by atoms with van der Waals surface area (Å²) in [5, 5.41) is 34.7. The number of nitriles is 3. The molecule has 0 atom stereocenters. The fraction of sp³-hybridized carbons (Fsp3) is 0. The first-order valence-electron chi connectivity index (χ1n) is 16.3. The average Bonchev–Trinajstić information content (AvgIpc) is 3.70. The average molecular weight is 636 g/mol. The number of benzene rings is 7. The second-order valence-corrected chi connectivity index (χ2v) is 12.2. The summed E-state index contributed by atoms with van der Waals surface area (Å²) in [6, 6.07) is 57.8. The monoisotopic (exact) mass is 635 g/mol. The Hall–Kier alpha value is -7.39. The van der Waals surface area contributed by atoms with E-state index >= 15 is 0 Å². The number of aromatic nitrogens is 2. The number of para-hydroxylation sites is 3. The molecule has 0 N–H and O–H groups in total. The van der Waals surface area contributed by atoms with Crippen LogP contribution in [0.3, 0.4) is 0 Å². The third kappa shape index (κ3) is 4.17. The van der Waals surface area contributed by atoms with E-state index in [0.29, 0.717) is 16.7 Å². The molecule has 2 heterocycles. The second-order valence-electron chi connectivity index (χ2n) is 12.2. The Balaban J connectivity index is 1.31. The van der Waals surface area contributed by atoms with Crippen LogP contribution in [-0.4, -0.2) is 9.13 Å². The summed E-state index contributed by atoms with van der Waals surface area (Å²) in [5.74, 6) is 0. The van der Waals surface area contributed by atoms with Crippen LogP contribution in [0.5, 0.6) is 0 Å². The largest absolute Gasteiger partial charge is 0.309 e. The third-order valence-electron chi connectivity index (χ3n) is 9.67. The van der Waals surface area contributed by atoms with Gasteiger partial charge in [0, 0.05) is 32.7 Å². The highest BCUT2D eigenvalue weighted by atomic mass is 15.0. The highest BCUT2D eigenvalue weighted by Crippen LogP contribution is 2.42. The molecule has 50 heavy (non-hydrogen) atoms. The molecular weight excluding hydrogens is 611 g/mol. The Bertz CT molecular complexity index is 2920. The van der Waals surface area contributed by atoms with Gasteiger partial charge in [-0.2, -0.15) is 15.8 Å². The molecule has 0 spiro atoms. The smallest absolute Gasteiger partial charge is 0.102 e. The molecule has 0 aliphatic carbocycles. The highest BCUT2D eigenvalue weighted by molar-refractivity contribution is 6.13. The van der Waals surface area contributed by atoms with Crippen molar-refractivity contribution in [2.24, 2.45) is 0 Å². The molecule has 0 bridgehead atoms. The zero-order chi connectivity index (χ0) is 33.8.